The number of carbonyl (C=O) groups excluding carboxylic acids is 1. The van der Waals surface area contributed by atoms with Gasteiger partial charge in [0.25, 0.3) is 5.91 Å². The molecule has 2 aromatic carbocycles. The summed E-state index contributed by atoms with van der Waals surface area (Å²) in [6.07, 6.45) is 3.04. The maximum Gasteiger partial charge on any atom is 0.256 e. The lowest BCUT2D eigenvalue weighted by Gasteiger charge is -2.06. The van der Waals surface area contributed by atoms with Crippen molar-refractivity contribution in [1.29, 1.82) is 0 Å². The highest BCUT2D eigenvalue weighted by Crippen LogP contribution is 2.31. The topological polar surface area (TPSA) is 138 Å². The monoisotopic (exact) mass is 436 g/mol. The van der Waals surface area contributed by atoms with Crippen LogP contribution in [0.2, 0.25) is 0 Å². The number of nitrogens with zero attached hydrogens (tertiary/aromatic N) is 5. The van der Waals surface area contributed by atoms with Crippen molar-refractivity contribution in [3.05, 3.63) is 90.4 Å². The van der Waals surface area contributed by atoms with Crippen molar-refractivity contribution >= 4 is 34.3 Å². The van der Waals surface area contributed by atoms with Crippen molar-refractivity contribution in [2.45, 2.75) is 6.54 Å². The summed E-state index contributed by atoms with van der Waals surface area (Å²) in [4.78, 5) is 25.2. The van der Waals surface area contributed by atoms with Gasteiger partial charge in [-0.1, -0.05) is 36.4 Å². The van der Waals surface area contributed by atoms with Crippen LogP contribution in [0.25, 0.3) is 22.3 Å². The Morgan fingerprint density at radius 2 is 1.70 bits per heavy atom. The lowest BCUT2D eigenvalue weighted by Crippen LogP contribution is -2.12. The number of anilines is 3. The van der Waals surface area contributed by atoms with Crippen LogP contribution in [0.5, 0.6) is 0 Å². The van der Waals surface area contributed by atoms with E-state index in [4.69, 9.17) is 16.6 Å². The fourth-order valence-corrected chi connectivity index (χ4v) is 3.59. The van der Waals surface area contributed by atoms with Gasteiger partial charge in [-0.15, -0.1) is 0 Å². The minimum absolute atomic E-state index is 0.252. The van der Waals surface area contributed by atoms with Gasteiger partial charge in [0, 0.05) is 23.0 Å². The molecule has 0 radical (unpaired) electrons. The number of benzene rings is 2. The van der Waals surface area contributed by atoms with E-state index in [1.54, 1.807) is 35.1 Å². The summed E-state index contributed by atoms with van der Waals surface area (Å²) in [6, 6.07) is 20.0. The van der Waals surface area contributed by atoms with Crippen molar-refractivity contribution in [2.75, 3.05) is 16.8 Å². The van der Waals surface area contributed by atoms with E-state index >= 15 is 0 Å². The van der Waals surface area contributed by atoms with Gasteiger partial charge in [0.15, 0.2) is 5.65 Å². The van der Waals surface area contributed by atoms with Crippen LogP contribution in [0, 0.1) is 0 Å². The number of aromatic nitrogens is 5. The Morgan fingerprint density at radius 3 is 2.45 bits per heavy atom. The summed E-state index contributed by atoms with van der Waals surface area (Å²) < 4.78 is 1.76. The third kappa shape index (κ3) is 3.94. The average molecular weight is 436 g/mol. The number of pyridine rings is 1. The Balaban J connectivity index is 1.49. The predicted molar refractivity (Wildman–Crippen MR) is 127 cm³/mol. The van der Waals surface area contributed by atoms with Crippen LogP contribution in [0.3, 0.4) is 0 Å². The Kier molecular flexibility index (Phi) is 5.12. The van der Waals surface area contributed by atoms with E-state index in [2.05, 4.69) is 20.3 Å². The van der Waals surface area contributed by atoms with E-state index in [9.17, 15) is 4.79 Å². The molecule has 3 heterocycles. The fraction of sp³-hybridized carbons (Fsp3) is 0.0417. The molecule has 162 valence electrons. The van der Waals surface area contributed by atoms with Gasteiger partial charge in [0.2, 0.25) is 0 Å². The van der Waals surface area contributed by atoms with Crippen LogP contribution >= 0.6 is 0 Å². The van der Waals surface area contributed by atoms with Crippen LogP contribution in [-0.4, -0.2) is 30.6 Å². The summed E-state index contributed by atoms with van der Waals surface area (Å²) in [6.45, 7) is 0.435. The minimum Gasteiger partial charge on any atom is -0.398 e. The van der Waals surface area contributed by atoms with Gasteiger partial charge in [-0.2, -0.15) is 5.10 Å². The van der Waals surface area contributed by atoms with E-state index in [-0.39, 0.29) is 5.91 Å². The van der Waals surface area contributed by atoms with Crippen LogP contribution in [0.15, 0.2) is 79.3 Å². The Labute approximate surface area is 189 Å². The zero-order valence-electron chi connectivity index (χ0n) is 17.5. The molecular formula is C24H20N8O. The first-order valence-electron chi connectivity index (χ1n) is 10.2. The summed E-state index contributed by atoms with van der Waals surface area (Å²) in [5.74, 6) is 0.568. The molecule has 1 amide bonds. The van der Waals surface area contributed by atoms with Gasteiger partial charge >= 0.3 is 0 Å². The zero-order valence-corrected chi connectivity index (χ0v) is 17.5. The molecule has 3 aromatic heterocycles. The molecule has 0 aliphatic rings. The summed E-state index contributed by atoms with van der Waals surface area (Å²) in [7, 11) is 0. The van der Waals surface area contributed by atoms with Gasteiger partial charge in [-0.3, -0.25) is 4.79 Å². The smallest absolute Gasteiger partial charge is 0.256 e. The van der Waals surface area contributed by atoms with Crippen LogP contribution in [-0.2, 0) is 6.54 Å². The lowest BCUT2D eigenvalue weighted by molar-refractivity contribution is 0.102. The molecule has 9 nitrogen and oxygen atoms in total. The van der Waals surface area contributed by atoms with E-state index in [0.29, 0.717) is 46.2 Å². The van der Waals surface area contributed by atoms with Gasteiger partial charge < -0.3 is 16.8 Å². The van der Waals surface area contributed by atoms with Crippen molar-refractivity contribution in [3.63, 3.8) is 0 Å². The highest BCUT2D eigenvalue weighted by atomic mass is 16.1. The van der Waals surface area contributed by atoms with Crippen molar-refractivity contribution < 1.29 is 4.79 Å². The second-order valence-electron chi connectivity index (χ2n) is 7.41. The van der Waals surface area contributed by atoms with E-state index < -0.39 is 0 Å². The highest BCUT2D eigenvalue weighted by Gasteiger charge is 2.18. The van der Waals surface area contributed by atoms with Crippen LogP contribution in [0.1, 0.15) is 15.9 Å². The normalized spacial score (nSPS) is 10.9. The number of amides is 1. The molecule has 0 unspecified atom stereocenters. The molecule has 0 saturated heterocycles. The number of carbonyl (C=O) groups is 1. The minimum atomic E-state index is -0.252. The van der Waals surface area contributed by atoms with E-state index in [1.807, 2.05) is 42.5 Å². The molecule has 0 fully saturated rings. The number of hydrogen-bond acceptors (Lipinski definition) is 7. The molecule has 9 heteroatoms. The Hall–Kier alpha value is -4.79. The molecule has 5 rings (SSSR count). The third-order valence-corrected chi connectivity index (χ3v) is 5.26. The quantitative estimate of drug-likeness (QED) is 0.359. The molecule has 0 bridgehead atoms. The third-order valence-electron chi connectivity index (χ3n) is 5.26. The molecule has 0 saturated carbocycles. The Morgan fingerprint density at radius 1 is 0.909 bits per heavy atom. The molecule has 5 N–H and O–H groups in total. The molecule has 0 atom stereocenters. The number of nitrogens with one attached hydrogen (secondary N) is 1. The number of nitrogens with two attached hydrogens (primary N) is 2. The van der Waals surface area contributed by atoms with Crippen LogP contribution < -0.4 is 16.8 Å². The van der Waals surface area contributed by atoms with E-state index in [1.165, 1.54) is 6.33 Å². The maximum absolute atomic E-state index is 12.5. The van der Waals surface area contributed by atoms with Crippen LogP contribution in [0.4, 0.5) is 17.3 Å². The molecule has 0 aliphatic heterocycles. The predicted octanol–water partition coefficient (Wildman–Crippen LogP) is 3.35. The number of fused-ring (bicyclic) bond motifs is 1. The molecular weight excluding hydrogens is 416 g/mol. The summed E-state index contributed by atoms with van der Waals surface area (Å²) in [5.41, 5.74) is 16.4. The standard InChI is InChI=1S/C24H20N8O/c25-18-6-2-1-5-17(18)13-32-23-20(22(26)28-14-29-23)21(31-32)15-8-10-16(11-9-15)24(33)30-19-7-3-4-12-27-19/h1-12,14H,13,25H2,(H2,26,28,29)(H,27,30,33). The lowest BCUT2D eigenvalue weighted by atomic mass is 10.1. The van der Waals surface area contributed by atoms with E-state index in [0.717, 1.165) is 11.1 Å². The highest BCUT2D eigenvalue weighted by molar-refractivity contribution is 6.04. The molecule has 33 heavy (non-hydrogen) atoms. The largest absolute Gasteiger partial charge is 0.398 e. The number of hydrogen-bond donors (Lipinski definition) is 3. The van der Waals surface area contributed by atoms with Gasteiger partial charge in [0.1, 0.15) is 23.7 Å². The number of nitrogen functional groups attached to an aromatic ring is 2. The second kappa shape index (κ2) is 8.39. The fourth-order valence-electron chi connectivity index (χ4n) is 3.59. The number of rotatable bonds is 5. The van der Waals surface area contributed by atoms with Crippen molar-refractivity contribution in [3.8, 4) is 11.3 Å². The summed E-state index contributed by atoms with van der Waals surface area (Å²) in [5, 5.41) is 8.19. The first kappa shape index (κ1) is 20.1. The number of para-hydroxylation sites is 1. The van der Waals surface area contributed by atoms with Gasteiger partial charge in [-0.25, -0.2) is 19.6 Å². The first-order valence-corrected chi connectivity index (χ1v) is 10.2. The first-order chi connectivity index (χ1) is 16.1. The van der Waals surface area contributed by atoms with Crippen molar-refractivity contribution in [1.82, 2.24) is 24.7 Å². The zero-order chi connectivity index (χ0) is 22.8. The van der Waals surface area contributed by atoms with Gasteiger partial charge in [-0.05, 0) is 35.9 Å². The second-order valence-corrected chi connectivity index (χ2v) is 7.41. The van der Waals surface area contributed by atoms with Crippen molar-refractivity contribution in [2.24, 2.45) is 0 Å². The maximum atomic E-state index is 12.5. The Bertz CT molecular complexity index is 1450. The average Bonchev–Trinajstić information content (AvgIpc) is 3.21. The molecule has 5 aromatic rings. The molecule has 0 spiro atoms. The molecule has 0 aliphatic carbocycles. The summed E-state index contributed by atoms with van der Waals surface area (Å²) >= 11 is 0. The van der Waals surface area contributed by atoms with Gasteiger partial charge in [0.05, 0.1) is 11.9 Å². The SMILES string of the molecule is Nc1ccccc1Cn1nc(-c2ccc(C(=O)Nc3ccccn3)cc2)c2c(N)ncnc21.